The van der Waals surface area contributed by atoms with Gasteiger partial charge in [-0.05, 0) is 36.4 Å². The van der Waals surface area contributed by atoms with Crippen molar-refractivity contribution in [1.29, 1.82) is 0 Å². The molecule has 0 aliphatic carbocycles. The van der Waals surface area contributed by atoms with Crippen molar-refractivity contribution < 1.29 is 13.6 Å². The van der Waals surface area contributed by atoms with Crippen LogP contribution in [0.1, 0.15) is 23.0 Å². The molecule has 0 saturated heterocycles. The van der Waals surface area contributed by atoms with Crippen molar-refractivity contribution in [1.82, 2.24) is 0 Å². The highest BCUT2D eigenvalue weighted by Crippen LogP contribution is 2.16. The van der Waals surface area contributed by atoms with Gasteiger partial charge < -0.3 is 13.6 Å². The molecule has 0 saturated carbocycles. The quantitative estimate of drug-likeness (QED) is 0.680. The van der Waals surface area contributed by atoms with E-state index in [1.165, 1.54) is 0 Å². The van der Waals surface area contributed by atoms with Crippen molar-refractivity contribution in [3.8, 4) is 0 Å². The average molecular weight is 226 g/mol. The summed E-state index contributed by atoms with van der Waals surface area (Å²) in [5.74, 6) is 3.04. The summed E-state index contributed by atoms with van der Waals surface area (Å²) in [7, 11) is 0. The molecular weight excluding hydrogens is 216 g/mol. The van der Waals surface area contributed by atoms with E-state index < -0.39 is 0 Å². The van der Waals surface area contributed by atoms with Gasteiger partial charge in [0.05, 0.1) is 12.5 Å². The molecule has 0 atom stereocenters. The standard InChI is InChI=1S/C14H10O3/c1-2-12-4-6-14(17-12)8-10-15-9-7-13-5-3-11(1)16-13/h1-10H/b2-1-,9-7-,10-8-. The van der Waals surface area contributed by atoms with E-state index in [2.05, 4.69) is 0 Å². The Hall–Kier alpha value is -2.42. The minimum absolute atomic E-state index is 0.747. The van der Waals surface area contributed by atoms with Crippen LogP contribution in [0, 0.1) is 0 Å². The first kappa shape index (κ1) is 9.78. The van der Waals surface area contributed by atoms with Crippen molar-refractivity contribution in [3.05, 3.63) is 59.8 Å². The fourth-order valence-electron chi connectivity index (χ4n) is 1.52. The third-order valence-electron chi connectivity index (χ3n) is 2.33. The maximum absolute atomic E-state index is 5.53. The topological polar surface area (TPSA) is 35.5 Å². The Kier molecular flexibility index (Phi) is 2.43. The molecule has 3 nitrogen and oxygen atoms in total. The van der Waals surface area contributed by atoms with Crippen molar-refractivity contribution in [3.63, 3.8) is 0 Å². The smallest absolute Gasteiger partial charge is 0.130 e. The molecule has 0 N–H and O–H groups in total. The summed E-state index contributed by atoms with van der Waals surface area (Å²) in [6.45, 7) is 0. The van der Waals surface area contributed by atoms with Gasteiger partial charge in [0.2, 0.25) is 0 Å². The Morgan fingerprint density at radius 1 is 0.529 bits per heavy atom. The summed E-state index contributed by atoms with van der Waals surface area (Å²) >= 11 is 0. The number of furan rings is 2. The van der Waals surface area contributed by atoms with E-state index in [4.69, 9.17) is 13.6 Å². The summed E-state index contributed by atoms with van der Waals surface area (Å²) < 4.78 is 16.2. The van der Waals surface area contributed by atoms with Crippen molar-refractivity contribution in [2.24, 2.45) is 0 Å². The van der Waals surface area contributed by atoms with Gasteiger partial charge in [-0.3, -0.25) is 0 Å². The zero-order chi connectivity index (χ0) is 11.5. The van der Waals surface area contributed by atoms with Crippen molar-refractivity contribution in [2.75, 3.05) is 0 Å². The largest absolute Gasteiger partial charge is 0.472 e. The van der Waals surface area contributed by atoms with Gasteiger partial charge in [-0.15, -0.1) is 0 Å². The fraction of sp³-hybridized carbons (Fsp3) is 0. The molecule has 2 aromatic rings. The molecule has 1 aliphatic heterocycles. The Morgan fingerprint density at radius 3 is 1.41 bits per heavy atom. The second-order valence-electron chi connectivity index (χ2n) is 3.56. The van der Waals surface area contributed by atoms with Crippen LogP contribution in [-0.4, -0.2) is 0 Å². The number of ether oxygens (including phenoxy) is 1. The lowest BCUT2D eigenvalue weighted by atomic mass is 10.3. The zero-order valence-electron chi connectivity index (χ0n) is 9.00. The number of hydrogen-bond donors (Lipinski definition) is 0. The van der Waals surface area contributed by atoms with Crippen LogP contribution in [0.4, 0.5) is 0 Å². The normalized spacial score (nSPS) is 19.3. The van der Waals surface area contributed by atoms with Crippen LogP contribution in [0.15, 0.2) is 45.6 Å². The Bertz CT molecular complexity index is 544. The Balaban J connectivity index is 2.01. The minimum atomic E-state index is 0.747. The highest BCUT2D eigenvalue weighted by atomic mass is 16.5. The summed E-state index contributed by atoms with van der Waals surface area (Å²) in [4.78, 5) is 0. The van der Waals surface area contributed by atoms with Crippen molar-refractivity contribution in [2.45, 2.75) is 0 Å². The van der Waals surface area contributed by atoms with Crippen LogP contribution < -0.4 is 0 Å². The molecule has 0 unspecified atom stereocenters. The van der Waals surface area contributed by atoms with Crippen LogP contribution in [0.3, 0.4) is 0 Å². The lowest BCUT2D eigenvalue weighted by Gasteiger charge is -1.88. The summed E-state index contributed by atoms with van der Waals surface area (Å²) in [6.07, 6.45) is 10.4. The maximum Gasteiger partial charge on any atom is 0.130 e. The predicted octanol–water partition coefficient (Wildman–Crippen LogP) is 4.01. The third-order valence-corrected chi connectivity index (χ3v) is 2.33. The van der Waals surface area contributed by atoms with Crippen molar-refractivity contribution >= 4 is 24.3 Å². The molecule has 0 amide bonds. The highest BCUT2D eigenvalue weighted by molar-refractivity contribution is 5.66. The number of hydrogen-bond acceptors (Lipinski definition) is 3. The van der Waals surface area contributed by atoms with Gasteiger partial charge in [0.15, 0.2) is 0 Å². The van der Waals surface area contributed by atoms with Crippen LogP contribution >= 0.6 is 0 Å². The summed E-state index contributed by atoms with van der Waals surface area (Å²) in [5, 5.41) is 0. The molecule has 0 fully saturated rings. The number of rotatable bonds is 0. The molecule has 3 heterocycles. The van der Waals surface area contributed by atoms with E-state index in [0.29, 0.717) is 0 Å². The Labute approximate surface area is 98.3 Å². The summed E-state index contributed by atoms with van der Waals surface area (Å²) in [5.41, 5.74) is 0. The predicted molar refractivity (Wildman–Crippen MR) is 65.5 cm³/mol. The molecule has 2 aromatic heterocycles. The van der Waals surface area contributed by atoms with Gasteiger partial charge in [-0.2, -0.15) is 0 Å². The first-order chi connectivity index (χ1) is 8.40. The zero-order valence-corrected chi connectivity index (χ0v) is 9.00. The van der Waals surface area contributed by atoms with Crippen LogP contribution in [0.2, 0.25) is 0 Å². The molecule has 17 heavy (non-hydrogen) atoms. The van der Waals surface area contributed by atoms with E-state index >= 15 is 0 Å². The lowest BCUT2D eigenvalue weighted by molar-refractivity contribution is 0.407. The highest BCUT2D eigenvalue weighted by Gasteiger charge is 1.99. The molecule has 3 heteroatoms. The SMILES string of the molecule is C1=C\c2ccc(o2)/C=C\c2ccc(o2)/C=C\O/1. The van der Waals surface area contributed by atoms with Gasteiger partial charge in [0.25, 0.3) is 0 Å². The van der Waals surface area contributed by atoms with E-state index in [1.54, 1.807) is 24.7 Å². The fourth-order valence-corrected chi connectivity index (χ4v) is 1.52. The first-order valence-corrected chi connectivity index (χ1v) is 5.26. The van der Waals surface area contributed by atoms with Gasteiger partial charge in [-0.25, -0.2) is 0 Å². The van der Waals surface area contributed by atoms with E-state index in [1.807, 2.05) is 36.4 Å². The van der Waals surface area contributed by atoms with Crippen LogP contribution in [0.5, 0.6) is 0 Å². The van der Waals surface area contributed by atoms with Gasteiger partial charge >= 0.3 is 0 Å². The monoisotopic (exact) mass is 226 g/mol. The van der Waals surface area contributed by atoms with Gasteiger partial charge in [0, 0.05) is 12.2 Å². The molecule has 0 spiro atoms. The van der Waals surface area contributed by atoms with E-state index in [-0.39, 0.29) is 0 Å². The minimum Gasteiger partial charge on any atom is -0.472 e. The van der Waals surface area contributed by atoms with Crippen LogP contribution in [-0.2, 0) is 4.74 Å². The van der Waals surface area contributed by atoms with Gasteiger partial charge in [-0.1, -0.05) is 0 Å². The second-order valence-corrected chi connectivity index (χ2v) is 3.56. The molecule has 1 aliphatic rings. The number of fused-ring (bicyclic) bond motifs is 4. The molecule has 0 radical (unpaired) electrons. The van der Waals surface area contributed by atoms with Gasteiger partial charge in [0.1, 0.15) is 23.0 Å². The third kappa shape index (κ3) is 2.23. The summed E-state index contributed by atoms with van der Waals surface area (Å²) in [6, 6.07) is 7.54. The first-order valence-electron chi connectivity index (χ1n) is 5.26. The molecule has 4 bridgehead atoms. The Morgan fingerprint density at radius 2 is 0.941 bits per heavy atom. The molecular formula is C14H10O3. The second kappa shape index (κ2) is 4.22. The van der Waals surface area contributed by atoms with E-state index in [9.17, 15) is 0 Å². The average Bonchev–Trinajstić information content (AvgIpc) is 2.95. The molecule has 84 valence electrons. The lowest BCUT2D eigenvalue weighted by Crippen LogP contribution is -1.67. The molecule has 3 rings (SSSR count). The molecule has 0 aromatic carbocycles. The van der Waals surface area contributed by atoms with E-state index in [0.717, 1.165) is 23.0 Å². The van der Waals surface area contributed by atoms with Crippen LogP contribution in [0.25, 0.3) is 24.3 Å². The maximum atomic E-state index is 5.53.